The molecule has 0 saturated heterocycles. The predicted molar refractivity (Wildman–Crippen MR) is 107 cm³/mol. The van der Waals surface area contributed by atoms with Crippen LogP contribution in [-0.4, -0.2) is 51.7 Å². The van der Waals surface area contributed by atoms with Crippen LogP contribution in [0.4, 0.5) is 5.69 Å². The Kier molecular flexibility index (Phi) is 7.82. The number of benzene rings is 2. The molecular weight excluding hydrogens is 364 g/mol. The van der Waals surface area contributed by atoms with Crippen molar-refractivity contribution in [1.82, 2.24) is 4.90 Å². The van der Waals surface area contributed by atoms with E-state index in [1.54, 1.807) is 49.6 Å². The van der Waals surface area contributed by atoms with Gasteiger partial charge in [0.15, 0.2) is 9.84 Å². The number of para-hydroxylation sites is 2. The molecule has 1 N–H and O–H groups in total. The summed E-state index contributed by atoms with van der Waals surface area (Å²) in [6.45, 7) is 3.06. The van der Waals surface area contributed by atoms with E-state index < -0.39 is 9.84 Å². The van der Waals surface area contributed by atoms with Crippen LogP contribution in [0.1, 0.15) is 13.3 Å². The molecule has 0 heterocycles. The molecule has 0 aliphatic carbocycles. The minimum absolute atomic E-state index is 0.0288. The first-order valence-corrected chi connectivity index (χ1v) is 10.5. The van der Waals surface area contributed by atoms with Crippen LogP contribution in [-0.2, 0) is 14.6 Å². The number of nitrogens with one attached hydrogen (secondary N) is 1. The van der Waals surface area contributed by atoms with Crippen LogP contribution in [0.15, 0.2) is 59.5 Å². The number of rotatable bonds is 10. The summed E-state index contributed by atoms with van der Waals surface area (Å²) in [5.74, 6) is 0.350. The zero-order chi connectivity index (χ0) is 19.7. The fraction of sp³-hybridized carbons (Fsp3) is 0.350. The molecule has 2 rings (SSSR count). The van der Waals surface area contributed by atoms with Crippen LogP contribution in [0.2, 0.25) is 0 Å². The van der Waals surface area contributed by atoms with Crippen molar-refractivity contribution >= 4 is 21.4 Å². The zero-order valence-electron chi connectivity index (χ0n) is 15.7. The molecule has 0 aliphatic rings. The number of amides is 1. The number of anilines is 1. The smallest absolute Gasteiger partial charge is 0.238 e. The summed E-state index contributed by atoms with van der Waals surface area (Å²) in [6, 6.07) is 15.6. The molecule has 6 nitrogen and oxygen atoms in total. The minimum Gasteiger partial charge on any atom is -0.495 e. The minimum atomic E-state index is -3.37. The maximum atomic E-state index is 12.5. The van der Waals surface area contributed by atoms with Gasteiger partial charge in [0.05, 0.1) is 30.0 Å². The molecule has 146 valence electrons. The standard InChI is InChI=1S/C20H26N2O4S/c1-3-13-22(14-15-27(24,25)17-9-5-4-6-10-17)16-20(23)21-18-11-7-8-12-19(18)26-2/h4-12H,3,13-16H2,1-2H3,(H,21,23). The number of hydrogen-bond acceptors (Lipinski definition) is 5. The van der Waals surface area contributed by atoms with Crippen molar-refractivity contribution < 1.29 is 17.9 Å². The summed E-state index contributed by atoms with van der Waals surface area (Å²) in [5.41, 5.74) is 0.596. The van der Waals surface area contributed by atoms with E-state index >= 15 is 0 Å². The fourth-order valence-electron chi connectivity index (χ4n) is 2.72. The quantitative estimate of drug-likeness (QED) is 0.675. The van der Waals surface area contributed by atoms with Crippen molar-refractivity contribution in [2.75, 3.05) is 37.8 Å². The number of carbonyl (C=O) groups excluding carboxylic acids is 1. The van der Waals surface area contributed by atoms with Gasteiger partial charge in [0.2, 0.25) is 5.91 Å². The Balaban J connectivity index is 1.97. The third kappa shape index (κ3) is 6.37. The third-order valence-corrected chi connectivity index (χ3v) is 5.78. The molecule has 0 fully saturated rings. The second-order valence-electron chi connectivity index (χ2n) is 6.16. The first kappa shape index (κ1) is 20.9. The van der Waals surface area contributed by atoms with Crippen LogP contribution in [0.3, 0.4) is 0 Å². The number of nitrogens with zero attached hydrogens (tertiary/aromatic N) is 1. The van der Waals surface area contributed by atoms with Crippen molar-refractivity contribution in [2.45, 2.75) is 18.2 Å². The largest absolute Gasteiger partial charge is 0.495 e. The lowest BCUT2D eigenvalue weighted by Crippen LogP contribution is -2.37. The van der Waals surface area contributed by atoms with E-state index in [0.717, 1.165) is 6.42 Å². The highest BCUT2D eigenvalue weighted by Gasteiger charge is 2.18. The number of ether oxygens (including phenoxy) is 1. The average Bonchev–Trinajstić information content (AvgIpc) is 2.67. The van der Waals surface area contributed by atoms with Gasteiger partial charge in [-0.2, -0.15) is 0 Å². The van der Waals surface area contributed by atoms with Gasteiger partial charge in [0.1, 0.15) is 5.75 Å². The first-order chi connectivity index (χ1) is 13.0. The van der Waals surface area contributed by atoms with Crippen LogP contribution in [0.5, 0.6) is 5.75 Å². The molecular formula is C20H26N2O4S. The summed E-state index contributed by atoms with van der Waals surface area (Å²) in [7, 11) is -1.83. The number of hydrogen-bond donors (Lipinski definition) is 1. The van der Waals surface area contributed by atoms with Crippen LogP contribution in [0.25, 0.3) is 0 Å². The second kappa shape index (κ2) is 10.1. The topological polar surface area (TPSA) is 75.7 Å². The van der Waals surface area contributed by atoms with Crippen molar-refractivity contribution in [3.8, 4) is 5.75 Å². The Bertz CT molecular complexity index is 838. The molecule has 2 aromatic carbocycles. The van der Waals surface area contributed by atoms with E-state index in [2.05, 4.69) is 5.32 Å². The summed E-state index contributed by atoms with van der Waals surface area (Å²) in [6.07, 6.45) is 0.827. The molecule has 0 saturated carbocycles. The lowest BCUT2D eigenvalue weighted by atomic mass is 10.3. The lowest BCUT2D eigenvalue weighted by molar-refractivity contribution is -0.117. The number of carbonyl (C=O) groups is 1. The maximum Gasteiger partial charge on any atom is 0.238 e. The molecule has 27 heavy (non-hydrogen) atoms. The van der Waals surface area contributed by atoms with Crippen LogP contribution >= 0.6 is 0 Å². The molecule has 0 aromatic heterocycles. The molecule has 7 heteroatoms. The molecule has 0 spiro atoms. The van der Waals surface area contributed by atoms with Crippen molar-refractivity contribution in [1.29, 1.82) is 0 Å². The Morgan fingerprint density at radius 2 is 1.70 bits per heavy atom. The number of sulfone groups is 1. The Morgan fingerprint density at radius 1 is 1.04 bits per heavy atom. The molecule has 2 aromatic rings. The van der Waals surface area contributed by atoms with Gasteiger partial charge in [-0.15, -0.1) is 0 Å². The summed E-state index contributed by atoms with van der Waals surface area (Å²) in [4.78, 5) is 14.6. The molecule has 0 atom stereocenters. The Labute approximate surface area is 161 Å². The van der Waals surface area contributed by atoms with Crippen LogP contribution < -0.4 is 10.1 Å². The monoisotopic (exact) mass is 390 g/mol. The highest BCUT2D eigenvalue weighted by Crippen LogP contribution is 2.22. The van der Waals surface area contributed by atoms with Crippen molar-refractivity contribution in [3.63, 3.8) is 0 Å². The normalized spacial score (nSPS) is 11.4. The molecule has 0 radical (unpaired) electrons. The van der Waals surface area contributed by atoms with Crippen molar-refractivity contribution in [3.05, 3.63) is 54.6 Å². The lowest BCUT2D eigenvalue weighted by Gasteiger charge is -2.21. The van der Waals surface area contributed by atoms with E-state index in [1.807, 2.05) is 24.0 Å². The highest BCUT2D eigenvalue weighted by molar-refractivity contribution is 7.91. The summed E-state index contributed by atoms with van der Waals surface area (Å²) < 4.78 is 30.1. The van der Waals surface area contributed by atoms with Gasteiger partial charge in [0.25, 0.3) is 0 Å². The van der Waals surface area contributed by atoms with Gasteiger partial charge in [-0.3, -0.25) is 9.69 Å². The molecule has 0 unspecified atom stereocenters. The van der Waals surface area contributed by atoms with Gasteiger partial charge >= 0.3 is 0 Å². The highest BCUT2D eigenvalue weighted by atomic mass is 32.2. The average molecular weight is 391 g/mol. The Morgan fingerprint density at radius 3 is 2.37 bits per heavy atom. The van der Waals surface area contributed by atoms with Gasteiger partial charge in [-0.25, -0.2) is 8.42 Å². The molecule has 1 amide bonds. The van der Waals surface area contributed by atoms with Gasteiger partial charge in [-0.05, 0) is 37.2 Å². The van der Waals surface area contributed by atoms with Crippen molar-refractivity contribution in [2.24, 2.45) is 0 Å². The van der Waals surface area contributed by atoms with E-state index in [4.69, 9.17) is 4.74 Å². The molecule has 0 bridgehead atoms. The predicted octanol–water partition coefficient (Wildman–Crippen LogP) is 2.82. The summed E-state index contributed by atoms with van der Waals surface area (Å²) >= 11 is 0. The third-order valence-electron chi connectivity index (χ3n) is 4.07. The number of methoxy groups -OCH3 is 1. The summed E-state index contributed by atoms with van der Waals surface area (Å²) in [5, 5.41) is 2.82. The van der Waals surface area contributed by atoms with Gasteiger partial charge in [-0.1, -0.05) is 37.3 Å². The van der Waals surface area contributed by atoms with E-state index in [9.17, 15) is 13.2 Å². The first-order valence-electron chi connectivity index (χ1n) is 8.89. The van der Waals surface area contributed by atoms with Gasteiger partial charge in [0, 0.05) is 6.54 Å². The van der Waals surface area contributed by atoms with E-state index in [-0.39, 0.29) is 18.2 Å². The van der Waals surface area contributed by atoms with Crippen LogP contribution in [0, 0.1) is 0 Å². The van der Waals surface area contributed by atoms with E-state index in [1.165, 1.54) is 0 Å². The maximum absolute atomic E-state index is 12.5. The zero-order valence-corrected chi connectivity index (χ0v) is 16.5. The SMILES string of the molecule is CCCN(CCS(=O)(=O)c1ccccc1)CC(=O)Nc1ccccc1OC. The fourth-order valence-corrected chi connectivity index (χ4v) is 4.03. The van der Waals surface area contributed by atoms with E-state index in [0.29, 0.717) is 29.4 Å². The molecule has 0 aliphatic heterocycles. The Hall–Kier alpha value is -2.38. The second-order valence-corrected chi connectivity index (χ2v) is 8.27. The van der Waals surface area contributed by atoms with Gasteiger partial charge < -0.3 is 10.1 Å².